The van der Waals surface area contributed by atoms with Crippen LogP contribution in [0.5, 0.6) is 0 Å². The van der Waals surface area contributed by atoms with Crippen molar-refractivity contribution in [2.45, 2.75) is 39.2 Å². The summed E-state index contributed by atoms with van der Waals surface area (Å²) in [7, 11) is 1.89. The van der Waals surface area contributed by atoms with E-state index in [1.165, 1.54) is 12.8 Å². The lowest BCUT2D eigenvalue weighted by molar-refractivity contribution is 0.175. The molecule has 1 aromatic carbocycles. The van der Waals surface area contributed by atoms with Crippen LogP contribution in [-0.4, -0.2) is 55.5 Å². The molecule has 0 amide bonds. The van der Waals surface area contributed by atoms with Gasteiger partial charge >= 0.3 is 0 Å². The Labute approximate surface area is 180 Å². The molecular formula is C21H34FIN4. The van der Waals surface area contributed by atoms with E-state index in [0.717, 1.165) is 69.6 Å². The monoisotopic (exact) mass is 488 g/mol. The summed E-state index contributed by atoms with van der Waals surface area (Å²) in [6.07, 6.45) is 4.91. The van der Waals surface area contributed by atoms with Gasteiger partial charge in [0.25, 0.3) is 0 Å². The predicted octanol–water partition coefficient (Wildman–Crippen LogP) is 3.96. The van der Waals surface area contributed by atoms with Gasteiger partial charge in [-0.1, -0.05) is 25.1 Å². The van der Waals surface area contributed by atoms with Crippen LogP contribution < -0.4 is 5.32 Å². The number of aliphatic imine (C=N–C) groups is 1. The van der Waals surface area contributed by atoms with E-state index in [4.69, 9.17) is 0 Å². The third-order valence-electron chi connectivity index (χ3n) is 5.78. The van der Waals surface area contributed by atoms with Gasteiger partial charge in [-0.2, -0.15) is 0 Å². The first kappa shape index (κ1) is 22.4. The van der Waals surface area contributed by atoms with Crippen LogP contribution in [0.25, 0.3) is 0 Å². The molecule has 0 aliphatic carbocycles. The number of nitrogens with one attached hydrogen (secondary N) is 1. The van der Waals surface area contributed by atoms with E-state index in [0.29, 0.717) is 5.92 Å². The average Bonchev–Trinajstić information content (AvgIpc) is 2.65. The number of rotatable bonds is 4. The van der Waals surface area contributed by atoms with E-state index < -0.39 is 0 Å². The van der Waals surface area contributed by atoms with Crippen LogP contribution in [0.1, 0.15) is 38.2 Å². The van der Waals surface area contributed by atoms with Crippen LogP contribution in [0.4, 0.5) is 4.39 Å². The number of piperidine rings is 2. The van der Waals surface area contributed by atoms with E-state index in [9.17, 15) is 4.39 Å². The van der Waals surface area contributed by atoms with Crippen LogP contribution in [0, 0.1) is 17.7 Å². The molecule has 152 valence electrons. The van der Waals surface area contributed by atoms with Crippen molar-refractivity contribution in [3.8, 4) is 0 Å². The van der Waals surface area contributed by atoms with Gasteiger partial charge in [-0.3, -0.25) is 9.89 Å². The van der Waals surface area contributed by atoms with Gasteiger partial charge in [0.2, 0.25) is 0 Å². The minimum Gasteiger partial charge on any atom is -0.356 e. The van der Waals surface area contributed by atoms with Gasteiger partial charge in [-0.05, 0) is 56.7 Å². The number of hydrogen-bond donors (Lipinski definition) is 1. The van der Waals surface area contributed by atoms with E-state index >= 15 is 0 Å². The second-order valence-electron chi connectivity index (χ2n) is 7.93. The van der Waals surface area contributed by atoms with Gasteiger partial charge < -0.3 is 10.2 Å². The second kappa shape index (κ2) is 11.2. The van der Waals surface area contributed by atoms with Crippen molar-refractivity contribution in [2.75, 3.05) is 39.8 Å². The summed E-state index contributed by atoms with van der Waals surface area (Å²) in [5, 5.41) is 3.60. The molecule has 0 spiro atoms. The summed E-state index contributed by atoms with van der Waals surface area (Å²) in [5.41, 5.74) is 0.809. The highest BCUT2D eigenvalue weighted by atomic mass is 127. The van der Waals surface area contributed by atoms with Crippen molar-refractivity contribution < 1.29 is 4.39 Å². The molecule has 27 heavy (non-hydrogen) atoms. The molecule has 0 bridgehead atoms. The fraction of sp³-hybridized carbons (Fsp3) is 0.667. The molecule has 0 saturated carbocycles. The normalized spacial score (nSPS) is 22.4. The van der Waals surface area contributed by atoms with Gasteiger partial charge in [-0.25, -0.2) is 4.39 Å². The molecule has 1 atom stereocenters. The van der Waals surface area contributed by atoms with Gasteiger partial charge in [0.1, 0.15) is 5.82 Å². The highest BCUT2D eigenvalue weighted by Gasteiger charge is 2.22. The van der Waals surface area contributed by atoms with Crippen molar-refractivity contribution in [3.05, 3.63) is 35.6 Å². The molecular weight excluding hydrogens is 454 g/mol. The molecule has 1 aromatic rings. The predicted molar refractivity (Wildman–Crippen MR) is 121 cm³/mol. The first-order valence-corrected chi connectivity index (χ1v) is 10.1. The molecule has 6 heteroatoms. The Bertz CT molecular complexity index is 602. The first-order valence-electron chi connectivity index (χ1n) is 10.1. The molecule has 2 fully saturated rings. The second-order valence-corrected chi connectivity index (χ2v) is 7.93. The Kier molecular flexibility index (Phi) is 9.29. The fourth-order valence-electron chi connectivity index (χ4n) is 4.17. The molecule has 0 aromatic heterocycles. The van der Waals surface area contributed by atoms with Gasteiger partial charge in [0, 0.05) is 38.8 Å². The minimum absolute atomic E-state index is 0. The summed E-state index contributed by atoms with van der Waals surface area (Å²) in [6.45, 7) is 8.35. The van der Waals surface area contributed by atoms with Gasteiger partial charge in [0.15, 0.2) is 5.96 Å². The lowest BCUT2D eigenvalue weighted by Gasteiger charge is -2.35. The minimum atomic E-state index is -0.0872. The van der Waals surface area contributed by atoms with E-state index in [1.807, 2.05) is 19.2 Å². The number of halogens is 2. The number of likely N-dealkylation sites (tertiary alicyclic amines) is 2. The SMILES string of the molecule is CN=C(NCC1CCN(Cc2ccccc2F)CC1)N1CCCC(C)C1.I. The maximum atomic E-state index is 13.8. The zero-order chi connectivity index (χ0) is 18.4. The van der Waals surface area contributed by atoms with Crippen LogP contribution in [0.15, 0.2) is 29.3 Å². The quantitative estimate of drug-likeness (QED) is 0.396. The third-order valence-corrected chi connectivity index (χ3v) is 5.78. The molecule has 2 saturated heterocycles. The standard InChI is InChI=1S/C21H33FN4.HI/c1-17-6-5-11-26(15-17)21(23-2)24-14-18-9-12-25(13-10-18)16-19-7-3-4-8-20(19)22;/h3-4,7-8,17-18H,5-6,9-16H2,1-2H3,(H,23,24);1H. The molecule has 1 unspecified atom stereocenters. The first-order chi connectivity index (χ1) is 12.7. The molecule has 0 radical (unpaired) electrons. The lowest BCUT2D eigenvalue weighted by Crippen LogP contribution is -2.48. The Morgan fingerprint density at radius 2 is 1.93 bits per heavy atom. The molecule has 3 rings (SSSR count). The van der Waals surface area contributed by atoms with Gasteiger partial charge in [-0.15, -0.1) is 24.0 Å². The zero-order valence-electron chi connectivity index (χ0n) is 16.7. The Morgan fingerprint density at radius 1 is 1.19 bits per heavy atom. The highest BCUT2D eigenvalue weighted by molar-refractivity contribution is 14.0. The van der Waals surface area contributed by atoms with Crippen molar-refractivity contribution >= 4 is 29.9 Å². The number of guanidine groups is 1. The summed E-state index contributed by atoms with van der Waals surface area (Å²) in [4.78, 5) is 9.27. The average molecular weight is 488 g/mol. The smallest absolute Gasteiger partial charge is 0.193 e. The van der Waals surface area contributed by atoms with Crippen molar-refractivity contribution in [1.82, 2.24) is 15.1 Å². The number of hydrogen-bond acceptors (Lipinski definition) is 2. The summed E-state index contributed by atoms with van der Waals surface area (Å²) >= 11 is 0. The summed E-state index contributed by atoms with van der Waals surface area (Å²) < 4.78 is 13.8. The van der Waals surface area contributed by atoms with Crippen LogP contribution >= 0.6 is 24.0 Å². The molecule has 2 aliphatic heterocycles. The summed E-state index contributed by atoms with van der Waals surface area (Å²) in [5.74, 6) is 2.40. The maximum absolute atomic E-state index is 13.8. The zero-order valence-corrected chi connectivity index (χ0v) is 19.0. The maximum Gasteiger partial charge on any atom is 0.193 e. The van der Waals surface area contributed by atoms with E-state index in [2.05, 4.69) is 27.0 Å². The van der Waals surface area contributed by atoms with Crippen molar-refractivity contribution in [1.29, 1.82) is 0 Å². The molecule has 4 nitrogen and oxygen atoms in total. The Hall–Kier alpha value is -0.890. The fourth-order valence-corrected chi connectivity index (χ4v) is 4.17. The number of benzene rings is 1. The van der Waals surface area contributed by atoms with E-state index in [-0.39, 0.29) is 29.8 Å². The van der Waals surface area contributed by atoms with Crippen molar-refractivity contribution in [3.63, 3.8) is 0 Å². The topological polar surface area (TPSA) is 30.9 Å². The lowest BCUT2D eigenvalue weighted by atomic mass is 9.96. The Balaban J connectivity index is 0.00000261. The van der Waals surface area contributed by atoms with Crippen LogP contribution in [0.3, 0.4) is 0 Å². The van der Waals surface area contributed by atoms with Crippen molar-refractivity contribution in [2.24, 2.45) is 16.8 Å². The largest absolute Gasteiger partial charge is 0.356 e. The van der Waals surface area contributed by atoms with Gasteiger partial charge in [0.05, 0.1) is 0 Å². The van der Waals surface area contributed by atoms with Crippen LogP contribution in [-0.2, 0) is 6.54 Å². The molecule has 2 heterocycles. The Morgan fingerprint density at radius 3 is 2.59 bits per heavy atom. The molecule has 2 aliphatic rings. The molecule has 1 N–H and O–H groups in total. The third kappa shape index (κ3) is 6.59. The van der Waals surface area contributed by atoms with Crippen LogP contribution in [0.2, 0.25) is 0 Å². The van der Waals surface area contributed by atoms with E-state index in [1.54, 1.807) is 12.1 Å². The highest BCUT2D eigenvalue weighted by Crippen LogP contribution is 2.20. The number of nitrogens with zero attached hydrogens (tertiary/aromatic N) is 3. The summed E-state index contributed by atoms with van der Waals surface area (Å²) in [6, 6.07) is 7.13.